The van der Waals surface area contributed by atoms with Gasteiger partial charge in [-0.15, -0.1) is 5.10 Å². The van der Waals surface area contributed by atoms with Crippen molar-refractivity contribution >= 4 is 29.2 Å². The third kappa shape index (κ3) is 5.08. The molecule has 2 heterocycles. The number of ether oxygens (including phenoxy) is 1. The fourth-order valence-electron chi connectivity index (χ4n) is 3.89. The Bertz CT molecular complexity index is 1470. The molecule has 0 radical (unpaired) electrons. The van der Waals surface area contributed by atoms with Crippen molar-refractivity contribution in [2.24, 2.45) is 0 Å². The quantitative estimate of drug-likeness (QED) is 0.429. The number of amides is 1. The van der Waals surface area contributed by atoms with Gasteiger partial charge in [0, 0.05) is 12.6 Å². The molecule has 0 fully saturated rings. The Morgan fingerprint density at radius 2 is 1.95 bits per heavy atom. The summed E-state index contributed by atoms with van der Waals surface area (Å²) in [6.45, 7) is 0.731. The molecule has 0 bridgehead atoms. The number of carboxylic acid groups (broad SMARTS) is 1. The van der Waals surface area contributed by atoms with Crippen molar-refractivity contribution in [2.75, 3.05) is 5.32 Å². The first-order valence-corrected chi connectivity index (χ1v) is 11.4. The van der Waals surface area contributed by atoms with Gasteiger partial charge >= 0.3 is 17.8 Å². The molecule has 1 aliphatic heterocycles. The van der Waals surface area contributed by atoms with Gasteiger partial charge in [-0.25, -0.2) is 13.6 Å². The highest BCUT2D eigenvalue weighted by Crippen LogP contribution is 2.33. The van der Waals surface area contributed by atoms with Gasteiger partial charge in [-0.2, -0.15) is 17.9 Å². The molecule has 0 aliphatic carbocycles. The third-order valence-corrected chi connectivity index (χ3v) is 6.18. The van der Waals surface area contributed by atoms with Crippen molar-refractivity contribution in [3.8, 4) is 11.4 Å². The second-order valence-corrected chi connectivity index (χ2v) is 8.80. The van der Waals surface area contributed by atoms with Crippen LogP contribution in [0, 0.1) is 11.6 Å². The first kappa shape index (κ1) is 27.1. The van der Waals surface area contributed by atoms with Crippen LogP contribution < -0.4 is 15.7 Å². The number of nitrogens with zero attached hydrogens (tertiary/aromatic N) is 3. The van der Waals surface area contributed by atoms with Crippen LogP contribution in [0.2, 0.25) is 5.02 Å². The van der Waals surface area contributed by atoms with E-state index in [1.807, 2.05) is 0 Å². The predicted octanol–water partition coefficient (Wildman–Crippen LogP) is 4.51. The van der Waals surface area contributed by atoms with Crippen molar-refractivity contribution in [1.82, 2.24) is 14.3 Å². The molecular formula is C23H18ClF5N4O5. The molecule has 2 atom stereocenters. The maximum atomic E-state index is 15.3. The van der Waals surface area contributed by atoms with Crippen LogP contribution in [-0.2, 0) is 11.3 Å². The Balaban J connectivity index is 1.83. The highest BCUT2D eigenvalue weighted by molar-refractivity contribution is 6.34. The normalized spacial score (nSPS) is 16.0. The number of alkyl halides is 3. The fraction of sp³-hybridized carbons (Fsp3) is 0.304. The minimum Gasteiger partial charge on any atom is -0.481 e. The summed E-state index contributed by atoms with van der Waals surface area (Å²) in [4.78, 5) is 37.4. The number of para-hydroxylation sites is 1. The fourth-order valence-corrected chi connectivity index (χ4v) is 4.10. The smallest absolute Gasteiger partial charge is 0.425 e. The number of nitrogens with one attached hydrogen (secondary N) is 1. The second kappa shape index (κ2) is 10.1. The number of carboxylic acids is 1. The Hall–Kier alpha value is -3.94. The Labute approximate surface area is 215 Å². The zero-order valence-corrected chi connectivity index (χ0v) is 20.1. The van der Waals surface area contributed by atoms with Gasteiger partial charge in [0.15, 0.2) is 6.10 Å². The minimum absolute atomic E-state index is 0.0952. The Morgan fingerprint density at radius 3 is 2.58 bits per heavy atom. The third-order valence-electron chi connectivity index (χ3n) is 5.86. The lowest BCUT2D eigenvalue weighted by Crippen LogP contribution is -2.32. The topological polar surface area (TPSA) is 115 Å². The number of benzene rings is 2. The summed E-state index contributed by atoms with van der Waals surface area (Å²) in [5, 5.41) is 15.2. The summed E-state index contributed by atoms with van der Waals surface area (Å²) >= 11 is 5.88. The molecule has 1 aliphatic rings. The van der Waals surface area contributed by atoms with Crippen LogP contribution in [-0.4, -0.2) is 43.6 Å². The van der Waals surface area contributed by atoms with Gasteiger partial charge in [-0.3, -0.25) is 14.2 Å². The van der Waals surface area contributed by atoms with E-state index in [1.165, 1.54) is 12.1 Å². The van der Waals surface area contributed by atoms with Gasteiger partial charge in [0.25, 0.3) is 5.91 Å². The molecule has 0 spiro atoms. The van der Waals surface area contributed by atoms with E-state index in [1.54, 1.807) is 0 Å². The summed E-state index contributed by atoms with van der Waals surface area (Å²) < 4.78 is 75.7. The number of carbonyl (C=O) groups is 2. The monoisotopic (exact) mass is 560 g/mol. The molecule has 15 heteroatoms. The van der Waals surface area contributed by atoms with Crippen LogP contribution in [0.5, 0.6) is 5.75 Å². The summed E-state index contributed by atoms with van der Waals surface area (Å²) in [5.74, 6) is -6.86. The molecule has 9 nitrogen and oxygen atoms in total. The summed E-state index contributed by atoms with van der Waals surface area (Å²) in [6, 6.07) is 4.61. The van der Waals surface area contributed by atoms with Crippen molar-refractivity contribution < 1.29 is 41.4 Å². The zero-order valence-electron chi connectivity index (χ0n) is 19.4. The average molecular weight is 561 g/mol. The van der Waals surface area contributed by atoms with Crippen molar-refractivity contribution in [3.05, 3.63) is 68.9 Å². The van der Waals surface area contributed by atoms with Crippen LogP contribution in [0.25, 0.3) is 5.69 Å². The second-order valence-electron chi connectivity index (χ2n) is 8.39. The maximum absolute atomic E-state index is 15.3. The minimum atomic E-state index is -4.89. The van der Waals surface area contributed by atoms with E-state index in [-0.39, 0.29) is 23.8 Å². The van der Waals surface area contributed by atoms with Gasteiger partial charge in [0.1, 0.15) is 34.8 Å². The number of hydrogen-bond donors (Lipinski definition) is 2. The van der Waals surface area contributed by atoms with Gasteiger partial charge in [0.05, 0.1) is 16.3 Å². The largest absolute Gasteiger partial charge is 0.481 e. The van der Waals surface area contributed by atoms with Crippen LogP contribution >= 0.6 is 11.6 Å². The number of halogens is 6. The number of aliphatic carboxylic acids is 1. The van der Waals surface area contributed by atoms with Crippen LogP contribution in [0.4, 0.5) is 27.6 Å². The first-order valence-electron chi connectivity index (χ1n) is 11.0. The average Bonchev–Trinajstić information content (AvgIpc) is 3.17. The highest BCUT2D eigenvalue weighted by atomic mass is 35.5. The summed E-state index contributed by atoms with van der Waals surface area (Å²) in [5.41, 5.74) is -2.89. The van der Waals surface area contributed by atoms with E-state index in [0.29, 0.717) is 30.2 Å². The predicted molar refractivity (Wildman–Crippen MR) is 123 cm³/mol. The summed E-state index contributed by atoms with van der Waals surface area (Å²) in [7, 11) is 0. The van der Waals surface area contributed by atoms with Gasteiger partial charge < -0.3 is 15.2 Å². The molecular weight excluding hydrogens is 543 g/mol. The number of aromatic nitrogens is 3. The first-order chi connectivity index (χ1) is 17.8. The van der Waals surface area contributed by atoms with E-state index >= 15 is 4.39 Å². The lowest BCUT2D eigenvalue weighted by molar-refractivity contribution is -0.189. The lowest BCUT2D eigenvalue weighted by Gasteiger charge is -2.20. The van der Waals surface area contributed by atoms with Gasteiger partial charge in [-0.1, -0.05) is 17.7 Å². The molecule has 38 heavy (non-hydrogen) atoms. The lowest BCUT2D eigenvalue weighted by atomic mass is 9.99. The summed E-state index contributed by atoms with van der Waals surface area (Å²) in [6.07, 6.45) is -6.87. The van der Waals surface area contributed by atoms with Crippen LogP contribution in [0.3, 0.4) is 0 Å². The molecule has 1 aromatic heterocycles. The number of hydrogen-bond acceptors (Lipinski definition) is 5. The number of fused-ring (bicyclic) bond motifs is 1. The maximum Gasteiger partial charge on any atom is 0.425 e. The standard InChI is InChI=1S/C23H18ClF5N4O5/c1-10(23(27,28)29)38-17-9-16(33-22(37)32-7-3-4-11(21(35)36)19(32)31-33)15(26)8-12(17)20(34)30-18-13(24)5-2-6-14(18)25/h2,5-6,8-11H,3-4,7H2,1H3,(H,30,34)(H,35,36)/t10-,11+/m0/s1. The van der Waals surface area contributed by atoms with Gasteiger partial charge in [0.2, 0.25) is 0 Å². The number of carbonyl (C=O) groups excluding carboxylic acids is 1. The molecule has 3 aromatic rings. The highest BCUT2D eigenvalue weighted by Gasteiger charge is 2.39. The molecule has 4 rings (SSSR count). The van der Waals surface area contributed by atoms with E-state index in [9.17, 15) is 37.1 Å². The van der Waals surface area contributed by atoms with E-state index in [0.717, 1.165) is 10.6 Å². The SMILES string of the molecule is C[C@H](Oc1cc(-n2nc3n(c2=O)CCC[C@H]3C(=O)O)c(F)cc1C(=O)Nc1c(F)cccc1Cl)C(F)(F)F. The molecule has 2 N–H and O–H groups in total. The Kier molecular flexibility index (Phi) is 7.19. The van der Waals surface area contributed by atoms with Gasteiger partial charge in [-0.05, 0) is 38.0 Å². The number of rotatable bonds is 6. The molecule has 2 aromatic carbocycles. The van der Waals surface area contributed by atoms with E-state index < -0.39 is 70.1 Å². The van der Waals surface area contributed by atoms with Crippen LogP contribution in [0.1, 0.15) is 41.9 Å². The van der Waals surface area contributed by atoms with E-state index in [4.69, 9.17) is 16.3 Å². The molecule has 202 valence electrons. The van der Waals surface area contributed by atoms with Crippen molar-refractivity contribution in [3.63, 3.8) is 0 Å². The van der Waals surface area contributed by atoms with Crippen LogP contribution in [0.15, 0.2) is 35.1 Å². The van der Waals surface area contributed by atoms with Crippen molar-refractivity contribution in [1.29, 1.82) is 0 Å². The number of anilines is 1. The molecule has 1 amide bonds. The van der Waals surface area contributed by atoms with E-state index in [2.05, 4.69) is 10.4 Å². The Morgan fingerprint density at radius 1 is 1.24 bits per heavy atom. The molecule has 0 saturated heterocycles. The molecule has 0 unspecified atom stereocenters. The molecule has 0 saturated carbocycles. The zero-order chi connectivity index (χ0) is 27.9. The van der Waals surface area contributed by atoms with Crippen molar-refractivity contribution in [2.45, 2.75) is 44.5 Å².